The first-order valence-corrected chi connectivity index (χ1v) is 6.67. The fourth-order valence-corrected chi connectivity index (χ4v) is 1.82. The van der Waals surface area contributed by atoms with Gasteiger partial charge in [-0.3, -0.25) is 4.79 Å². The third-order valence-corrected chi connectivity index (χ3v) is 3.68. The van der Waals surface area contributed by atoms with Gasteiger partial charge in [-0.2, -0.15) is 0 Å². The van der Waals surface area contributed by atoms with Crippen molar-refractivity contribution in [2.75, 3.05) is 13.7 Å². The molecule has 0 bridgehead atoms. The Bertz CT molecular complexity index is 440. The number of carbonyl (C=O) groups excluding carboxylic acids is 1. The molecule has 0 saturated heterocycles. The summed E-state index contributed by atoms with van der Waals surface area (Å²) in [6.07, 6.45) is 1.67. The molecule has 0 aliphatic rings. The van der Waals surface area contributed by atoms with Crippen LogP contribution in [0.4, 0.5) is 0 Å². The third kappa shape index (κ3) is 3.96. The predicted octanol–water partition coefficient (Wildman–Crippen LogP) is 2.25. The van der Waals surface area contributed by atoms with Gasteiger partial charge in [0, 0.05) is 17.6 Å². The van der Waals surface area contributed by atoms with Crippen molar-refractivity contribution >= 4 is 5.91 Å². The summed E-state index contributed by atoms with van der Waals surface area (Å²) in [4.78, 5) is 12.1. The van der Waals surface area contributed by atoms with E-state index in [0.717, 1.165) is 24.2 Å². The molecule has 4 nitrogen and oxygen atoms in total. The maximum absolute atomic E-state index is 12.1. The van der Waals surface area contributed by atoms with Gasteiger partial charge in [-0.15, -0.1) is 0 Å². The second-order valence-electron chi connectivity index (χ2n) is 4.94. The zero-order chi connectivity index (χ0) is 14.5. The molecule has 1 aromatic carbocycles. The third-order valence-electron chi connectivity index (χ3n) is 3.68. The van der Waals surface area contributed by atoms with Gasteiger partial charge in [-0.05, 0) is 37.5 Å². The van der Waals surface area contributed by atoms with E-state index in [1.54, 1.807) is 19.2 Å². The van der Waals surface area contributed by atoms with E-state index in [2.05, 4.69) is 5.32 Å². The summed E-state index contributed by atoms with van der Waals surface area (Å²) < 4.78 is 5.22. The number of rotatable bonds is 6. The van der Waals surface area contributed by atoms with Crippen LogP contribution in [0.3, 0.4) is 0 Å². The molecule has 0 saturated carbocycles. The lowest BCUT2D eigenvalue weighted by Gasteiger charge is -2.26. The molecule has 1 rings (SSSR count). The molecule has 0 heterocycles. The van der Waals surface area contributed by atoms with Crippen molar-refractivity contribution in [3.63, 3.8) is 0 Å². The summed E-state index contributed by atoms with van der Waals surface area (Å²) >= 11 is 0. The molecule has 3 N–H and O–H groups in total. The van der Waals surface area contributed by atoms with Gasteiger partial charge in [-0.25, -0.2) is 0 Å². The van der Waals surface area contributed by atoms with Crippen molar-refractivity contribution in [1.82, 2.24) is 5.32 Å². The molecule has 0 aromatic heterocycles. The number of methoxy groups -OCH3 is 1. The molecule has 19 heavy (non-hydrogen) atoms. The quantitative estimate of drug-likeness (QED) is 0.828. The van der Waals surface area contributed by atoms with E-state index in [9.17, 15) is 4.79 Å². The summed E-state index contributed by atoms with van der Waals surface area (Å²) in [6, 6.07) is 5.42. The van der Waals surface area contributed by atoms with Crippen LogP contribution in [0, 0.1) is 6.92 Å². The van der Waals surface area contributed by atoms with Crippen LogP contribution in [0.1, 0.15) is 42.6 Å². The zero-order valence-electron chi connectivity index (χ0n) is 12.2. The lowest BCUT2D eigenvalue weighted by atomic mass is 9.94. The summed E-state index contributed by atoms with van der Waals surface area (Å²) in [7, 11) is 1.60. The van der Waals surface area contributed by atoms with Gasteiger partial charge in [0.15, 0.2) is 0 Å². The maximum atomic E-state index is 12.1. The summed E-state index contributed by atoms with van der Waals surface area (Å²) in [5.41, 5.74) is 7.44. The molecule has 0 radical (unpaired) electrons. The van der Waals surface area contributed by atoms with E-state index in [1.807, 2.05) is 26.8 Å². The van der Waals surface area contributed by atoms with E-state index in [1.165, 1.54) is 0 Å². The van der Waals surface area contributed by atoms with Crippen molar-refractivity contribution in [1.29, 1.82) is 0 Å². The highest BCUT2D eigenvalue weighted by atomic mass is 16.5. The first-order valence-electron chi connectivity index (χ1n) is 6.67. The second kappa shape index (κ2) is 6.57. The molecule has 0 unspecified atom stereocenters. The number of amides is 1. The standard InChI is InChI=1S/C15H24N2O2/c1-5-15(16,6-2)10-17-14(18)12-8-7-11(3)13(9-12)19-4/h7-9H,5-6,10,16H2,1-4H3,(H,17,18). The highest BCUT2D eigenvalue weighted by Crippen LogP contribution is 2.19. The fourth-order valence-electron chi connectivity index (χ4n) is 1.82. The van der Waals surface area contributed by atoms with Crippen LogP contribution in [0.25, 0.3) is 0 Å². The molecule has 0 aliphatic heterocycles. The maximum Gasteiger partial charge on any atom is 0.251 e. The van der Waals surface area contributed by atoms with Crippen LogP contribution in [-0.4, -0.2) is 25.1 Å². The van der Waals surface area contributed by atoms with E-state index in [0.29, 0.717) is 12.1 Å². The highest BCUT2D eigenvalue weighted by molar-refractivity contribution is 5.94. The lowest BCUT2D eigenvalue weighted by molar-refractivity contribution is 0.0942. The Balaban J connectivity index is 2.74. The first kappa shape index (κ1) is 15.5. The average Bonchev–Trinajstić information content (AvgIpc) is 2.44. The SMILES string of the molecule is CCC(N)(CC)CNC(=O)c1ccc(C)c(OC)c1. The number of carbonyl (C=O) groups is 1. The number of nitrogens with two attached hydrogens (primary N) is 1. The largest absolute Gasteiger partial charge is 0.496 e. The molecule has 1 amide bonds. The van der Waals surface area contributed by atoms with Crippen molar-refractivity contribution in [3.05, 3.63) is 29.3 Å². The highest BCUT2D eigenvalue weighted by Gasteiger charge is 2.21. The number of hydrogen-bond donors (Lipinski definition) is 2. The molecule has 0 aliphatic carbocycles. The zero-order valence-corrected chi connectivity index (χ0v) is 12.2. The summed E-state index contributed by atoms with van der Waals surface area (Å²) in [6.45, 7) is 6.49. The molecular formula is C15H24N2O2. The van der Waals surface area contributed by atoms with Gasteiger partial charge in [0.2, 0.25) is 0 Å². The number of aryl methyl sites for hydroxylation is 1. The smallest absolute Gasteiger partial charge is 0.251 e. The number of ether oxygens (including phenoxy) is 1. The minimum absolute atomic E-state index is 0.116. The van der Waals surface area contributed by atoms with Gasteiger partial charge < -0.3 is 15.8 Å². The van der Waals surface area contributed by atoms with Crippen LogP contribution in [0.2, 0.25) is 0 Å². The van der Waals surface area contributed by atoms with Gasteiger partial charge in [0.1, 0.15) is 5.75 Å². The van der Waals surface area contributed by atoms with Crippen LogP contribution >= 0.6 is 0 Å². The molecule has 106 valence electrons. The van der Waals surface area contributed by atoms with Crippen LogP contribution in [0.5, 0.6) is 5.75 Å². The molecule has 1 aromatic rings. The Morgan fingerprint density at radius 1 is 1.37 bits per heavy atom. The van der Waals surface area contributed by atoms with Crippen molar-refractivity contribution in [2.24, 2.45) is 5.73 Å². The van der Waals surface area contributed by atoms with E-state index in [-0.39, 0.29) is 11.4 Å². The Morgan fingerprint density at radius 2 is 2.00 bits per heavy atom. The topological polar surface area (TPSA) is 64.3 Å². The van der Waals surface area contributed by atoms with Crippen molar-refractivity contribution in [3.8, 4) is 5.75 Å². The van der Waals surface area contributed by atoms with E-state index >= 15 is 0 Å². The molecule has 0 fully saturated rings. The normalized spacial score (nSPS) is 11.2. The molecule has 0 atom stereocenters. The van der Waals surface area contributed by atoms with Crippen LogP contribution in [-0.2, 0) is 0 Å². The molecule has 0 spiro atoms. The van der Waals surface area contributed by atoms with Crippen LogP contribution in [0.15, 0.2) is 18.2 Å². The van der Waals surface area contributed by atoms with Crippen molar-refractivity contribution in [2.45, 2.75) is 39.2 Å². The minimum atomic E-state index is -0.329. The first-order chi connectivity index (χ1) is 8.95. The van der Waals surface area contributed by atoms with Gasteiger partial charge in [0.05, 0.1) is 7.11 Å². The average molecular weight is 264 g/mol. The monoisotopic (exact) mass is 264 g/mol. The fraction of sp³-hybridized carbons (Fsp3) is 0.533. The Labute approximate surface area is 115 Å². The van der Waals surface area contributed by atoms with Gasteiger partial charge >= 0.3 is 0 Å². The van der Waals surface area contributed by atoms with E-state index < -0.39 is 0 Å². The minimum Gasteiger partial charge on any atom is -0.496 e. The molecule has 4 heteroatoms. The lowest BCUT2D eigenvalue weighted by Crippen LogP contribution is -2.49. The van der Waals surface area contributed by atoms with Crippen LogP contribution < -0.4 is 15.8 Å². The number of hydrogen-bond acceptors (Lipinski definition) is 3. The molecular weight excluding hydrogens is 240 g/mol. The predicted molar refractivity (Wildman–Crippen MR) is 77.6 cm³/mol. The van der Waals surface area contributed by atoms with E-state index in [4.69, 9.17) is 10.5 Å². The Hall–Kier alpha value is -1.55. The number of nitrogens with one attached hydrogen (secondary N) is 1. The second-order valence-corrected chi connectivity index (χ2v) is 4.94. The van der Waals surface area contributed by atoms with Gasteiger partial charge in [0.25, 0.3) is 5.91 Å². The summed E-state index contributed by atoms with van der Waals surface area (Å²) in [5, 5.41) is 2.89. The Kier molecular flexibility index (Phi) is 5.36. The number of benzene rings is 1. The van der Waals surface area contributed by atoms with Crippen molar-refractivity contribution < 1.29 is 9.53 Å². The Morgan fingerprint density at radius 3 is 2.53 bits per heavy atom. The van der Waals surface area contributed by atoms with Gasteiger partial charge in [-0.1, -0.05) is 19.9 Å². The summed E-state index contributed by atoms with van der Waals surface area (Å²) in [5.74, 6) is 0.604.